The average molecular weight is 348 g/mol. The number of anilines is 2. The van der Waals surface area contributed by atoms with Crippen LogP contribution in [0.25, 0.3) is 0 Å². The van der Waals surface area contributed by atoms with Crippen molar-refractivity contribution in [2.45, 2.75) is 32.2 Å². The van der Waals surface area contributed by atoms with Gasteiger partial charge in [0, 0.05) is 19.2 Å². The maximum absolute atomic E-state index is 5.75. The Morgan fingerprint density at radius 2 is 2.08 bits per heavy atom. The van der Waals surface area contributed by atoms with Gasteiger partial charge in [0.05, 0.1) is 24.0 Å². The Morgan fingerprint density at radius 3 is 2.88 bits per heavy atom. The van der Waals surface area contributed by atoms with E-state index in [9.17, 15) is 0 Å². The molecule has 3 heterocycles. The fourth-order valence-electron chi connectivity index (χ4n) is 2.75. The van der Waals surface area contributed by atoms with Crippen molar-refractivity contribution in [2.24, 2.45) is 0 Å². The summed E-state index contributed by atoms with van der Waals surface area (Å²) < 4.78 is 13.7. The van der Waals surface area contributed by atoms with Crippen LogP contribution < -0.4 is 15.8 Å². The third-order valence-electron chi connectivity index (χ3n) is 3.99. The van der Waals surface area contributed by atoms with Crippen LogP contribution in [-0.2, 0) is 6.54 Å². The second-order valence-corrected chi connectivity index (χ2v) is 6.46. The molecule has 8 heteroatoms. The molecule has 3 rings (SSSR count). The molecule has 0 unspecified atom stereocenters. The summed E-state index contributed by atoms with van der Waals surface area (Å²) in [6, 6.07) is 6.00. The molecule has 7 nitrogen and oxygen atoms in total. The van der Waals surface area contributed by atoms with E-state index < -0.39 is 0 Å². The molecule has 0 amide bonds. The Labute approximate surface area is 146 Å². The molecule has 24 heavy (non-hydrogen) atoms. The number of nitrogens with two attached hydrogens (primary N) is 1. The molecule has 2 aromatic heterocycles. The summed E-state index contributed by atoms with van der Waals surface area (Å²) in [6.45, 7) is 4.60. The van der Waals surface area contributed by atoms with Gasteiger partial charge in [-0.25, -0.2) is 4.98 Å². The quantitative estimate of drug-likeness (QED) is 0.708. The topological polar surface area (TPSA) is 89.2 Å². The van der Waals surface area contributed by atoms with Gasteiger partial charge >= 0.3 is 0 Å². The number of pyridine rings is 1. The molecular formula is C16H24N6OS. The Balaban J connectivity index is 1.39. The second kappa shape index (κ2) is 8.79. The normalized spacial score (nSPS) is 15.3. The van der Waals surface area contributed by atoms with Crippen molar-refractivity contribution in [3.05, 3.63) is 23.9 Å². The first kappa shape index (κ1) is 16.9. The molecule has 0 spiro atoms. The SMILES string of the molecule is Nc1nsnc1NCCCOc1cccc(CN2CCCCC2)n1. The molecule has 1 fully saturated rings. The van der Waals surface area contributed by atoms with Crippen LogP contribution in [-0.4, -0.2) is 44.9 Å². The molecule has 0 aliphatic carbocycles. The summed E-state index contributed by atoms with van der Waals surface area (Å²) in [5, 5.41) is 3.15. The summed E-state index contributed by atoms with van der Waals surface area (Å²) in [7, 11) is 0. The molecule has 0 aromatic carbocycles. The highest BCUT2D eigenvalue weighted by atomic mass is 32.1. The number of aromatic nitrogens is 3. The fourth-order valence-corrected chi connectivity index (χ4v) is 3.20. The van der Waals surface area contributed by atoms with Gasteiger partial charge in [-0.2, -0.15) is 8.75 Å². The number of hydrogen-bond acceptors (Lipinski definition) is 8. The van der Waals surface area contributed by atoms with Crippen molar-refractivity contribution in [3.8, 4) is 5.88 Å². The largest absolute Gasteiger partial charge is 0.478 e. The first-order valence-electron chi connectivity index (χ1n) is 8.44. The molecule has 0 atom stereocenters. The molecule has 0 bridgehead atoms. The van der Waals surface area contributed by atoms with E-state index in [1.165, 1.54) is 32.4 Å². The molecule has 1 aliphatic rings. The minimum atomic E-state index is 0.452. The summed E-state index contributed by atoms with van der Waals surface area (Å²) in [5.41, 5.74) is 6.75. The van der Waals surface area contributed by atoms with E-state index in [0.29, 0.717) is 24.1 Å². The van der Waals surface area contributed by atoms with Crippen LogP contribution in [0.15, 0.2) is 18.2 Å². The maximum atomic E-state index is 5.75. The molecule has 1 aliphatic heterocycles. The van der Waals surface area contributed by atoms with Crippen molar-refractivity contribution in [1.82, 2.24) is 18.6 Å². The van der Waals surface area contributed by atoms with Gasteiger partial charge in [-0.05, 0) is 38.4 Å². The lowest BCUT2D eigenvalue weighted by atomic mass is 10.1. The molecule has 0 saturated carbocycles. The number of rotatable bonds is 8. The van der Waals surface area contributed by atoms with E-state index in [2.05, 4.69) is 30.0 Å². The van der Waals surface area contributed by atoms with Gasteiger partial charge in [-0.3, -0.25) is 4.90 Å². The van der Waals surface area contributed by atoms with Gasteiger partial charge in [0.1, 0.15) is 0 Å². The summed E-state index contributed by atoms with van der Waals surface area (Å²) in [6.07, 6.45) is 4.78. The van der Waals surface area contributed by atoms with Crippen LogP contribution in [0.5, 0.6) is 5.88 Å². The van der Waals surface area contributed by atoms with Crippen molar-refractivity contribution >= 4 is 23.4 Å². The Kier molecular flexibility index (Phi) is 6.20. The standard InChI is InChI=1S/C16H24N6OS/c17-15-16(21-24-20-15)18-8-5-11-23-14-7-4-6-13(19-14)12-22-9-2-1-3-10-22/h4,6-7H,1-3,5,8-12H2,(H2,17,20)(H,18,21). The van der Waals surface area contributed by atoms with Gasteiger partial charge in [0.2, 0.25) is 5.88 Å². The number of nitrogens with one attached hydrogen (secondary N) is 1. The zero-order valence-electron chi connectivity index (χ0n) is 13.8. The van der Waals surface area contributed by atoms with E-state index in [0.717, 1.165) is 36.9 Å². The van der Waals surface area contributed by atoms with Crippen molar-refractivity contribution in [1.29, 1.82) is 0 Å². The van der Waals surface area contributed by atoms with Crippen molar-refractivity contribution in [2.75, 3.05) is 37.3 Å². The van der Waals surface area contributed by atoms with E-state index >= 15 is 0 Å². The van der Waals surface area contributed by atoms with Crippen molar-refractivity contribution in [3.63, 3.8) is 0 Å². The van der Waals surface area contributed by atoms with Crippen molar-refractivity contribution < 1.29 is 4.74 Å². The van der Waals surface area contributed by atoms with Gasteiger partial charge in [0.25, 0.3) is 0 Å². The summed E-state index contributed by atoms with van der Waals surface area (Å²) in [5.74, 6) is 1.80. The third-order valence-corrected chi connectivity index (χ3v) is 4.54. The van der Waals surface area contributed by atoms with E-state index in [4.69, 9.17) is 10.5 Å². The molecular weight excluding hydrogens is 324 g/mol. The number of piperidine rings is 1. The summed E-state index contributed by atoms with van der Waals surface area (Å²) in [4.78, 5) is 7.07. The monoisotopic (exact) mass is 348 g/mol. The lowest BCUT2D eigenvalue weighted by molar-refractivity contribution is 0.217. The minimum absolute atomic E-state index is 0.452. The smallest absolute Gasteiger partial charge is 0.213 e. The first-order chi connectivity index (χ1) is 11.8. The molecule has 130 valence electrons. The Bertz CT molecular complexity index is 629. The highest BCUT2D eigenvalue weighted by Crippen LogP contribution is 2.15. The number of ether oxygens (including phenoxy) is 1. The zero-order valence-corrected chi connectivity index (χ0v) is 14.6. The fraction of sp³-hybridized carbons (Fsp3) is 0.562. The lowest BCUT2D eigenvalue weighted by Crippen LogP contribution is -2.29. The van der Waals surface area contributed by atoms with Crippen LogP contribution in [0.4, 0.5) is 11.6 Å². The highest BCUT2D eigenvalue weighted by molar-refractivity contribution is 6.99. The Morgan fingerprint density at radius 1 is 1.21 bits per heavy atom. The van der Waals surface area contributed by atoms with Gasteiger partial charge in [-0.1, -0.05) is 12.5 Å². The second-order valence-electron chi connectivity index (χ2n) is 5.93. The molecule has 1 saturated heterocycles. The van der Waals surface area contributed by atoms with Gasteiger partial charge in [-0.15, -0.1) is 0 Å². The van der Waals surface area contributed by atoms with E-state index in [1.54, 1.807) is 0 Å². The average Bonchev–Trinajstić information content (AvgIpc) is 3.01. The first-order valence-corrected chi connectivity index (χ1v) is 9.17. The molecule has 3 N–H and O–H groups in total. The van der Waals surface area contributed by atoms with Gasteiger partial charge in [0.15, 0.2) is 11.6 Å². The predicted molar refractivity (Wildman–Crippen MR) is 96.3 cm³/mol. The third kappa shape index (κ3) is 5.04. The predicted octanol–water partition coefficient (Wildman–Crippen LogP) is 2.38. The van der Waals surface area contributed by atoms with E-state index in [1.807, 2.05) is 12.1 Å². The number of nitrogen functional groups attached to an aromatic ring is 1. The highest BCUT2D eigenvalue weighted by Gasteiger charge is 2.11. The van der Waals surface area contributed by atoms with Gasteiger partial charge < -0.3 is 15.8 Å². The van der Waals surface area contributed by atoms with Crippen LogP contribution in [0.1, 0.15) is 31.4 Å². The van der Waals surface area contributed by atoms with Crippen LogP contribution in [0.3, 0.4) is 0 Å². The minimum Gasteiger partial charge on any atom is -0.478 e. The van der Waals surface area contributed by atoms with E-state index in [-0.39, 0.29) is 0 Å². The number of hydrogen-bond donors (Lipinski definition) is 2. The zero-order chi connectivity index (χ0) is 16.6. The number of nitrogens with zero attached hydrogens (tertiary/aromatic N) is 4. The maximum Gasteiger partial charge on any atom is 0.213 e. The molecule has 0 radical (unpaired) electrons. The van der Waals surface area contributed by atoms with Crippen LogP contribution in [0.2, 0.25) is 0 Å². The Hall–Kier alpha value is -1.93. The van der Waals surface area contributed by atoms with Crippen LogP contribution >= 0.6 is 11.7 Å². The number of likely N-dealkylation sites (tertiary alicyclic amines) is 1. The summed E-state index contributed by atoms with van der Waals surface area (Å²) >= 11 is 1.11. The lowest BCUT2D eigenvalue weighted by Gasteiger charge is -2.25. The molecule has 2 aromatic rings. The van der Waals surface area contributed by atoms with Crippen LogP contribution in [0, 0.1) is 0 Å².